The number of alkyl halides is 1. The van der Waals surface area contributed by atoms with Crippen LogP contribution in [0.4, 0.5) is 18.0 Å². The van der Waals surface area contributed by atoms with E-state index in [1.54, 1.807) is 18.0 Å². The van der Waals surface area contributed by atoms with E-state index in [0.717, 1.165) is 23.8 Å². The molecule has 242 valence electrons. The average molecular weight is 628 g/mol. The lowest BCUT2D eigenvalue weighted by Gasteiger charge is -2.42. The standard InChI is InChI=1S/C33H40F3N5O4/c1-3-45-33(44)39-13-11-23(12-14-39)30(41(32(43)21(2)42)19-24-16-37-17-28(24)36)31-38-29(26-15-25(34)9-10-27(26)35)20-40(31)18-22-7-5-4-6-8-22/h4-10,15,20-21,23-24,28,30,37,42H,3,11-14,16-19H2,1-2H3. The van der Waals surface area contributed by atoms with E-state index in [4.69, 9.17) is 9.72 Å². The molecule has 12 heteroatoms. The molecule has 45 heavy (non-hydrogen) atoms. The molecule has 2 aliphatic rings. The van der Waals surface area contributed by atoms with Crippen LogP contribution < -0.4 is 5.32 Å². The number of nitrogens with one attached hydrogen (secondary N) is 1. The number of imidazole rings is 1. The van der Waals surface area contributed by atoms with Crippen LogP contribution >= 0.6 is 0 Å². The number of piperidine rings is 1. The van der Waals surface area contributed by atoms with Gasteiger partial charge in [0.15, 0.2) is 0 Å². The third kappa shape index (κ3) is 7.50. The second-order valence-electron chi connectivity index (χ2n) is 11.8. The number of nitrogens with zero attached hydrogens (tertiary/aromatic N) is 4. The Balaban J connectivity index is 1.63. The molecule has 2 amide bonds. The molecule has 0 saturated carbocycles. The van der Waals surface area contributed by atoms with E-state index >= 15 is 4.39 Å². The molecular formula is C33H40F3N5O4. The fourth-order valence-electron chi connectivity index (χ4n) is 6.33. The molecular weight excluding hydrogens is 587 g/mol. The van der Waals surface area contributed by atoms with Gasteiger partial charge in [0.1, 0.15) is 29.7 Å². The lowest BCUT2D eigenvalue weighted by molar-refractivity contribution is -0.145. The van der Waals surface area contributed by atoms with Crippen molar-refractivity contribution in [1.82, 2.24) is 24.7 Å². The Labute approximate surface area is 261 Å². The number of hydrogen-bond acceptors (Lipinski definition) is 6. The van der Waals surface area contributed by atoms with E-state index in [2.05, 4.69) is 5.32 Å². The van der Waals surface area contributed by atoms with Gasteiger partial charge in [-0.1, -0.05) is 30.3 Å². The van der Waals surface area contributed by atoms with E-state index in [1.807, 2.05) is 34.9 Å². The van der Waals surface area contributed by atoms with Crippen LogP contribution in [-0.2, 0) is 16.1 Å². The SMILES string of the molecule is CCOC(=O)N1CCC(C(c2nc(-c3cc(F)ccc3F)cn2Cc2ccccc2)N(CC2CNCC2F)C(=O)C(C)O)CC1. The number of amides is 2. The van der Waals surface area contributed by atoms with Crippen LogP contribution in [0, 0.1) is 23.5 Å². The largest absolute Gasteiger partial charge is 0.450 e. The summed E-state index contributed by atoms with van der Waals surface area (Å²) < 4.78 is 51.4. The lowest BCUT2D eigenvalue weighted by atomic mass is 9.86. The van der Waals surface area contributed by atoms with Crippen molar-refractivity contribution in [1.29, 1.82) is 0 Å². The third-order valence-electron chi connectivity index (χ3n) is 8.65. The van der Waals surface area contributed by atoms with Crippen LogP contribution in [0.2, 0.25) is 0 Å². The van der Waals surface area contributed by atoms with Crippen LogP contribution in [0.15, 0.2) is 54.7 Å². The number of carbonyl (C=O) groups excluding carboxylic acids is 2. The van der Waals surface area contributed by atoms with Crippen LogP contribution in [-0.4, -0.2) is 88.1 Å². The summed E-state index contributed by atoms with van der Waals surface area (Å²) in [5, 5.41) is 13.6. The average Bonchev–Trinajstić information content (AvgIpc) is 3.64. The first-order valence-corrected chi connectivity index (χ1v) is 15.5. The van der Waals surface area contributed by atoms with Gasteiger partial charge in [0.2, 0.25) is 0 Å². The summed E-state index contributed by atoms with van der Waals surface area (Å²) in [5.41, 5.74) is 1.06. The van der Waals surface area contributed by atoms with Crippen molar-refractivity contribution in [2.45, 2.75) is 51.6 Å². The summed E-state index contributed by atoms with van der Waals surface area (Å²) in [6, 6.07) is 11.9. The highest BCUT2D eigenvalue weighted by atomic mass is 19.1. The zero-order valence-electron chi connectivity index (χ0n) is 25.5. The van der Waals surface area contributed by atoms with Gasteiger partial charge in [0, 0.05) is 56.9 Å². The molecule has 0 spiro atoms. The number of carbonyl (C=O) groups is 2. The fourth-order valence-corrected chi connectivity index (χ4v) is 6.33. The number of benzene rings is 2. The van der Waals surface area contributed by atoms with E-state index in [9.17, 15) is 23.5 Å². The van der Waals surface area contributed by atoms with Crippen LogP contribution in [0.1, 0.15) is 44.1 Å². The van der Waals surface area contributed by atoms with Gasteiger partial charge in [-0.3, -0.25) is 4.79 Å². The molecule has 3 heterocycles. The maximum Gasteiger partial charge on any atom is 0.409 e. The molecule has 0 radical (unpaired) electrons. The lowest BCUT2D eigenvalue weighted by Crippen LogP contribution is -2.50. The first kappa shape index (κ1) is 32.5. The van der Waals surface area contributed by atoms with Crippen molar-refractivity contribution in [2.24, 2.45) is 11.8 Å². The predicted octanol–water partition coefficient (Wildman–Crippen LogP) is 4.55. The number of halogens is 3. The topological polar surface area (TPSA) is 99.9 Å². The second kappa shape index (κ2) is 14.5. The fraction of sp³-hybridized carbons (Fsp3) is 0.485. The zero-order valence-corrected chi connectivity index (χ0v) is 25.5. The normalized spacial score (nSPS) is 20.2. The quantitative estimate of drug-likeness (QED) is 0.342. The monoisotopic (exact) mass is 627 g/mol. The highest BCUT2D eigenvalue weighted by Crippen LogP contribution is 2.39. The Kier molecular flexibility index (Phi) is 10.4. The van der Waals surface area contributed by atoms with Gasteiger partial charge in [0.05, 0.1) is 18.3 Å². The van der Waals surface area contributed by atoms with E-state index in [-0.39, 0.29) is 36.9 Å². The Morgan fingerprint density at radius 3 is 2.51 bits per heavy atom. The summed E-state index contributed by atoms with van der Waals surface area (Å²) >= 11 is 0. The number of aliphatic hydroxyl groups excluding tert-OH is 1. The van der Waals surface area contributed by atoms with Crippen LogP contribution in [0.5, 0.6) is 0 Å². The van der Waals surface area contributed by atoms with Crippen molar-refractivity contribution >= 4 is 12.0 Å². The van der Waals surface area contributed by atoms with Gasteiger partial charge in [0.25, 0.3) is 5.91 Å². The maximum absolute atomic E-state index is 15.1. The molecule has 0 aliphatic carbocycles. The van der Waals surface area contributed by atoms with Gasteiger partial charge in [-0.25, -0.2) is 22.9 Å². The Morgan fingerprint density at radius 1 is 1.13 bits per heavy atom. The molecule has 1 aromatic heterocycles. The molecule has 2 aromatic carbocycles. The molecule has 4 unspecified atom stereocenters. The minimum atomic E-state index is -1.38. The molecule has 2 saturated heterocycles. The first-order valence-electron chi connectivity index (χ1n) is 15.5. The Bertz CT molecular complexity index is 1460. The highest BCUT2D eigenvalue weighted by molar-refractivity contribution is 5.80. The first-order chi connectivity index (χ1) is 21.7. The molecule has 5 rings (SSSR count). The van der Waals surface area contributed by atoms with E-state index in [1.165, 1.54) is 11.8 Å². The predicted molar refractivity (Wildman–Crippen MR) is 162 cm³/mol. The van der Waals surface area contributed by atoms with Crippen molar-refractivity contribution in [2.75, 3.05) is 39.3 Å². The number of hydrogen-bond donors (Lipinski definition) is 2. The summed E-state index contributed by atoms with van der Waals surface area (Å²) in [4.78, 5) is 34.3. The molecule has 0 bridgehead atoms. The molecule has 2 N–H and O–H groups in total. The van der Waals surface area contributed by atoms with Crippen molar-refractivity contribution in [3.63, 3.8) is 0 Å². The summed E-state index contributed by atoms with van der Waals surface area (Å²) in [6.07, 6.45) is -0.413. The molecule has 2 aliphatic heterocycles. The minimum Gasteiger partial charge on any atom is -0.450 e. The molecule has 3 aromatic rings. The number of ether oxygens (including phenoxy) is 1. The van der Waals surface area contributed by atoms with Crippen molar-refractivity contribution < 1.29 is 32.6 Å². The van der Waals surface area contributed by atoms with Crippen molar-refractivity contribution in [3.05, 3.63) is 77.8 Å². The number of aliphatic hydroxyl groups is 1. The molecule has 9 nitrogen and oxygen atoms in total. The number of rotatable bonds is 10. The number of aromatic nitrogens is 2. The zero-order chi connectivity index (χ0) is 32.1. The van der Waals surface area contributed by atoms with E-state index < -0.39 is 47.9 Å². The van der Waals surface area contributed by atoms with Gasteiger partial charge >= 0.3 is 6.09 Å². The molecule has 4 atom stereocenters. The third-order valence-corrected chi connectivity index (χ3v) is 8.65. The van der Waals surface area contributed by atoms with E-state index in [0.29, 0.717) is 44.8 Å². The van der Waals surface area contributed by atoms with Crippen LogP contribution in [0.25, 0.3) is 11.3 Å². The smallest absolute Gasteiger partial charge is 0.409 e. The highest BCUT2D eigenvalue weighted by Gasteiger charge is 2.42. The maximum atomic E-state index is 15.1. The van der Waals surface area contributed by atoms with Gasteiger partial charge in [-0.15, -0.1) is 0 Å². The summed E-state index contributed by atoms with van der Waals surface area (Å²) in [7, 11) is 0. The summed E-state index contributed by atoms with van der Waals surface area (Å²) in [6.45, 7) is 4.92. The Hall–Kier alpha value is -3.90. The van der Waals surface area contributed by atoms with Crippen LogP contribution in [0.3, 0.4) is 0 Å². The van der Waals surface area contributed by atoms with Gasteiger partial charge < -0.3 is 29.5 Å². The van der Waals surface area contributed by atoms with Gasteiger partial charge in [-0.05, 0) is 56.4 Å². The summed E-state index contributed by atoms with van der Waals surface area (Å²) in [5.74, 6) is -2.23. The molecule has 2 fully saturated rings. The van der Waals surface area contributed by atoms with Crippen molar-refractivity contribution in [3.8, 4) is 11.3 Å². The number of likely N-dealkylation sites (tertiary alicyclic amines) is 1. The minimum absolute atomic E-state index is 0.0164. The van der Waals surface area contributed by atoms with Gasteiger partial charge in [-0.2, -0.15) is 0 Å². The second-order valence-corrected chi connectivity index (χ2v) is 11.8. The Morgan fingerprint density at radius 2 is 1.87 bits per heavy atom.